The quantitative estimate of drug-likeness (QED) is 0.441. The Morgan fingerprint density at radius 1 is 1.00 bits per heavy atom. The van der Waals surface area contributed by atoms with Crippen LogP contribution in [0.1, 0.15) is 5.56 Å². The van der Waals surface area contributed by atoms with E-state index < -0.39 is 9.84 Å². The van der Waals surface area contributed by atoms with E-state index in [-0.39, 0.29) is 11.5 Å². The maximum atomic E-state index is 11.6. The van der Waals surface area contributed by atoms with Crippen molar-refractivity contribution in [3.05, 3.63) is 60.6 Å². The van der Waals surface area contributed by atoms with E-state index in [1.807, 2.05) is 54.4 Å². The fourth-order valence-corrected chi connectivity index (χ4v) is 5.12. The summed E-state index contributed by atoms with van der Waals surface area (Å²) in [5, 5.41) is 12.6. The van der Waals surface area contributed by atoms with Crippen molar-refractivity contribution in [1.82, 2.24) is 20.2 Å². The second-order valence-corrected chi connectivity index (χ2v) is 10.4. The summed E-state index contributed by atoms with van der Waals surface area (Å²) < 4.78 is 23.3. The Morgan fingerprint density at radius 2 is 1.82 bits per heavy atom. The smallest absolute Gasteiger partial charge is 0.154 e. The summed E-state index contributed by atoms with van der Waals surface area (Å²) in [6, 6.07) is 11.5. The number of benzene rings is 1. The van der Waals surface area contributed by atoms with Gasteiger partial charge in [0.05, 0.1) is 29.1 Å². The van der Waals surface area contributed by atoms with Gasteiger partial charge < -0.3 is 16.0 Å². The highest BCUT2D eigenvalue weighted by Gasteiger charge is 2.21. The molecule has 3 aromatic heterocycles. The molecule has 9 nitrogen and oxygen atoms in total. The second kappa shape index (κ2) is 8.28. The van der Waals surface area contributed by atoms with Crippen molar-refractivity contribution in [2.24, 2.45) is 0 Å². The summed E-state index contributed by atoms with van der Waals surface area (Å²) in [5.41, 5.74) is 11.4. The first kappa shape index (κ1) is 21.1. The Morgan fingerprint density at radius 3 is 2.55 bits per heavy atom. The minimum atomic E-state index is -2.92. The number of hydrogen-bond donors (Lipinski definition) is 2. The van der Waals surface area contributed by atoms with E-state index in [1.54, 1.807) is 12.4 Å². The lowest BCUT2D eigenvalue weighted by Crippen LogP contribution is -2.40. The summed E-state index contributed by atoms with van der Waals surface area (Å²) >= 11 is 0. The molecule has 0 unspecified atom stereocenters. The van der Waals surface area contributed by atoms with Gasteiger partial charge in [-0.05, 0) is 54.4 Å². The lowest BCUT2D eigenvalue weighted by atomic mass is 10.0. The zero-order valence-electron chi connectivity index (χ0n) is 18.1. The van der Waals surface area contributed by atoms with Gasteiger partial charge in [0.15, 0.2) is 15.7 Å². The van der Waals surface area contributed by atoms with E-state index in [4.69, 9.17) is 5.73 Å². The summed E-state index contributed by atoms with van der Waals surface area (Å²) in [6.07, 6.45) is 5.32. The third kappa shape index (κ3) is 4.42. The fraction of sp³-hybridized carbons (Fsp3) is 0.217. The molecule has 0 bridgehead atoms. The molecule has 0 radical (unpaired) electrons. The van der Waals surface area contributed by atoms with Gasteiger partial charge in [0.25, 0.3) is 0 Å². The van der Waals surface area contributed by atoms with Crippen molar-refractivity contribution in [1.29, 1.82) is 0 Å². The molecule has 5 rings (SSSR count). The molecule has 1 aromatic carbocycles. The summed E-state index contributed by atoms with van der Waals surface area (Å²) in [6.45, 7) is 2.99. The van der Waals surface area contributed by atoms with Crippen LogP contribution in [0.25, 0.3) is 22.0 Å². The first-order chi connectivity index (χ1) is 15.9. The number of nitrogen functional groups attached to an aromatic ring is 1. The maximum Gasteiger partial charge on any atom is 0.154 e. The van der Waals surface area contributed by atoms with E-state index in [9.17, 15) is 8.42 Å². The van der Waals surface area contributed by atoms with E-state index in [1.165, 1.54) is 0 Å². The molecule has 0 atom stereocenters. The molecule has 1 aliphatic rings. The van der Waals surface area contributed by atoms with Crippen molar-refractivity contribution >= 4 is 43.8 Å². The standard InChI is InChI=1S/C23H23N7O2S/c1-15-4-5-25-14-19(15)16-10-17-12-22(28-29-23(17)20(24)11-16)27-21-3-2-18(13-26-21)30-6-8-33(31,32)9-7-30/h2-5,10-14H,6-9,24H2,1H3,(H,26,27,28). The number of hydrogen-bond acceptors (Lipinski definition) is 9. The Bertz CT molecular complexity index is 1430. The Kier molecular flexibility index (Phi) is 5.29. The molecule has 0 saturated carbocycles. The number of pyridine rings is 2. The van der Waals surface area contributed by atoms with Crippen LogP contribution in [0.2, 0.25) is 0 Å². The minimum Gasteiger partial charge on any atom is -0.397 e. The molecule has 0 amide bonds. The second-order valence-electron chi connectivity index (χ2n) is 8.09. The van der Waals surface area contributed by atoms with Crippen molar-refractivity contribution < 1.29 is 8.42 Å². The number of rotatable bonds is 4. The fourth-order valence-electron chi connectivity index (χ4n) is 3.92. The SMILES string of the molecule is Cc1ccncc1-c1cc(N)c2nnc(Nc3ccc(N4CCS(=O)(=O)CC4)cn3)cc2c1. The highest BCUT2D eigenvalue weighted by atomic mass is 32.2. The Balaban J connectivity index is 1.38. The largest absolute Gasteiger partial charge is 0.397 e. The monoisotopic (exact) mass is 461 g/mol. The number of nitrogens with zero attached hydrogens (tertiary/aromatic N) is 5. The highest BCUT2D eigenvalue weighted by Crippen LogP contribution is 2.30. The number of aryl methyl sites for hydroxylation is 1. The van der Waals surface area contributed by atoms with E-state index in [0.717, 1.165) is 27.8 Å². The number of anilines is 4. The number of sulfone groups is 1. The lowest BCUT2D eigenvalue weighted by Gasteiger charge is -2.28. The molecule has 0 spiro atoms. The molecule has 0 aliphatic carbocycles. The summed E-state index contributed by atoms with van der Waals surface area (Å²) in [4.78, 5) is 10.7. The topological polar surface area (TPSA) is 127 Å². The van der Waals surface area contributed by atoms with Crippen LogP contribution in [0, 0.1) is 6.92 Å². The first-order valence-corrected chi connectivity index (χ1v) is 12.4. The molecule has 1 fully saturated rings. The van der Waals surface area contributed by atoms with Crippen molar-refractivity contribution in [3.8, 4) is 11.1 Å². The molecule has 4 aromatic rings. The van der Waals surface area contributed by atoms with Gasteiger partial charge >= 0.3 is 0 Å². The number of nitrogens with two attached hydrogens (primary N) is 1. The predicted molar refractivity (Wildman–Crippen MR) is 130 cm³/mol. The van der Waals surface area contributed by atoms with Gasteiger partial charge in [-0.3, -0.25) is 4.98 Å². The van der Waals surface area contributed by atoms with Crippen LogP contribution in [0.15, 0.2) is 55.0 Å². The Hall–Kier alpha value is -3.79. The van der Waals surface area contributed by atoms with Crippen LogP contribution >= 0.6 is 0 Å². The first-order valence-electron chi connectivity index (χ1n) is 10.5. The van der Waals surface area contributed by atoms with Crippen LogP contribution < -0.4 is 16.0 Å². The predicted octanol–water partition coefficient (Wildman–Crippen LogP) is 2.96. The lowest BCUT2D eigenvalue weighted by molar-refractivity contribution is 0.586. The van der Waals surface area contributed by atoms with Gasteiger partial charge in [0, 0.05) is 36.4 Å². The molecule has 4 heterocycles. The molecule has 1 saturated heterocycles. The molecular weight excluding hydrogens is 438 g/mol. The van der Waals surface area contributed by atoms with Crippen LogP contribution in [0.3, 0.4) is 0 Å². The van der Waals surface area contributed by atoms with Gasteiger partial charge in [0.2, 0.25) is 0 Å². The third-order valence-corrected chi connectivity index (χ3v) is 7.39. The molecule has 10 heteroatoms. The van der Waals surface area contributed by atoms with Gasteiger partial charge in [-0.2, -0.15) is 0 Å². The van der Waals surface area contributed by atoms with Crippen LogP contribution in [0.5, 0.6) is 0 Å². The number of fused-ring (bicyclic) bond motifs is 1. The summed E-state index contributed by atoms with van der Waals surface area (Å²) in [7, 11) is -2.92. The van der Waals surface area contributed by atoms with Crippen LogP contribution in [0.4, 0.5) is 23.0 Å². The van der Waals surface area contributed by atoms with E-state index in [2.05, 4.69) is 25.5 Å². The molecule has 168 valence electrons. The van der Waals surface area contributed by atoms with Gasteiger partial charge in [-0.15, -0.1) is 10.2 Å². The number of aromatic nitrogens is 4. The molecule has 33 heavy (non-hydrogen) atoms. The molecular formula is C23H23N7O2S. The Labute approximate surface area is 191 Å². The maximum absolute atomic E-state index is 11.6. The van der Waals surface area contributed by atoms with E-state index >= 15 is 0 Å². The van der Waals surface area contributed by atoms with Crippen molar-refractivity contribution in [3.63, 3.8) is 0 Å². The highest BCUT2D eigenvalue weighted by molar-refractivity contribution is 7.91. The molecule has 1 aliphatic heterocycles. The average molecular weight is 462 g/mol. The van der Waals surface area contributed by atoms with E-state index in [0.29, 0.717) is 35.9 Å². The van der Waals surface area contributed by atoms with Crippen LogP contribution in [-0.2, 0) is 9.84 Å². The van der Waals surface area contributed by atoms with Crippen molar-refractivity contribution in [2.45, 2.75) is 6.92 Å². The number of nitrogens with one attached hydrogen (secondary N) is 1. The van der Waals surface area contributed by atoms with Crippen LogP contribution in [-0.4, -0.2) is 53.2 Å². The van der Waals surface area contributed by atoms with Gasteiger partial charge in [-0.25, -0.2) is 13.4 Å². The normalized spacial score (nSPS) is 15.5. The third-order valence-electron chi connectivity index (χ3n) is 5.78. The van der Waals surface area contributed by atoms with Gasteiger partial charge in [-0.1, -0.05) is 0 Å². The van der Waals surface area contributed by atoms with Gasteiger partial charge in [0.1, 0.15) is 11.3 Å². The van der Waals surface area contributed by atoms with Crippen molar-refractivity contribution in [2.75, 3.05) is 40.5 Å². The summed E-state index contributed by atoms with van der Waals surface area (Å²) in [5.74, 6) is 1.50. The molecule has 3 N–H and O–H groups in total. The minimum absolute atomic E-state index is 0.170. The zero-order chi connectivity index (χ0) is 23.0. The zero-order valence-corrected chi connectivity index (χ0v) is 18.9. The average Bonchev–Trinajstić information content (AvgIpc) is 2.80.